The van der Waals surface area contributed by atoms with E-state index in [1.807, 2.05) is 25.1 Å². The largest absolute Gasteiger partial charge is 0.419 e. The van der Waals surface area contributed by atoms with E-state index >= 15 is 0 Å². The van der Waals surface area contributed by atoms with Gasteiger partial charge in [0.1, 0.15) is 9.88 Å². The van der Waals surface area contributed by atoms with Crippen LogP contribution < -0.4 is 0 Å². The van der Waals surface area contributed by atoms with Gasteiger partial charge < -0.3 is 4.42 Å². The number of hydrogen-bond acceptors (Lipinski definition) is 5. The summed E-state index contributed by atoms with van der Waals surface area (Å²) in [6.07, 6.45) is 0. The van der Waals surface area contributed by atoms with Gasteiger partial charge in [0.25, 0.3) is 5.89 Å². The molecular weight excluding hydrogens is 282 g/mol. The third-order valence-corrected chi connectivity index (χ3v) is 4.27. The predicted octanol–water partition coefficient (Wildman–Crippen LogP) is 4.47. The van der Waals surface area contributed by atoms with E-state index in [0.717, 1.165) is 21.1 Å². The molecule has 1 aromatic carbocycles. The first-order valence-electron chi connectivity index (χ1n) is 6.82. The molecule has 0 bridgehead atoms. The molecule has 108 valence electrons. The Hall–Kier alpha value is -2.01. The Kier molecular flexibility index (Phi) is 3.37. The van der Waals surface area contributed by atoms with E-state index in [4.69, 9.17) is 4.42 Å². The molecule has 0 fully saturated rings. The van der Waals surface area contributed by atoms with Crippen molar-refractivity contribution in [3.05, 3.63) is 41.9 Å². The molecule has 4 nitrogen and oxygen atoms in total. The summed E-state index contributed by atoms with van der Waals surface area (Å²) in [6, 6.07) is 10.1. The first kappa shape index (κ1) is 13.9. The fourth-order valence-electron chi connectivity index (χ4n) is 1.92. The Bertz CT molecular complexity index is 753. The van der Waals surface area contributed by atoms with Crippen LogP contribution in [0.15, 0.2) is 34.7 Å². The maximum absolute atomic E-state index is 5.81. The summed E-state index contributed by atoms with van der Waals surface area (Å²) in [5.74, 6) is 1.20. The molecule has 0 atom stereocenters. The highest BCUT2D eigenvalue weighted by atomic mass is 32.1. The van der Waals surface area contributed by atoms with Gasteiger partial charge in [0.2, 0.25) is 5.89 Å². The van der Waals surface area contributed by atoms with Crippen molar-refractivity contribution in [2.75, 3.05) is 0 Å². The molecule has 3 rings (SSSR count). The molecule has 21 heavy (non-hydrogen) atoms. The third kappa shape index (κ3) is 2.74. The number of benzene rings is 1. The van der Waals surface area contributed by atoms with Crippen molar-refractivity contribution in [3.63, 3.8) is 0 Å². The van der Waals surface area contributed by atoms with Crippen LogP contribution in [0.5, 0.6) is 0 Å². The van der Waals surface area contributed by atoms with Crippen LogP contribution in [0.3, 0.4) is 0 Å². The zero-order chi connectivity index (χ0) is 15.0. The molecule has 0 unspecified atom stereocenters. The van der Waals surface area contributed by atoms with Crippen molar-refractivity contribution >= 4 is 11.3 Å². The lowest BCUT2D eigenvalue weighted by Gasteiger charge is -2.10. The minimum absolute atomic E-state index is 0.147. The van der Waals surface area contributed by atoms with Gasteiger partial charge in [-0.25, -0.2) is 4.98 Å². The molecule has 0 spiro atoms. The van der Waals surface area contributed by atoms with Crippen LogP contribution in [0.4, 0.5) is 0 Å². The van der Waals surface area contributed by atoms with E-state index in [1.165, 1.54) is 0 Å². The number of rotatable bonds is 2. The van der Waals surface area contributed by atoms with E-state index < -0.39 is 0 Å². The second kappa shape index (κ2) is 5.07. The Morgan fingerprint density at radius 2 is 1.76 bits per heavy atom. The van der Waals surface area contributed by atoms with Gasteiger partial charge in [-0.05, 0) is 6.92 Å². The van der Waals surface area contributed by atoms with E-state index in [2.05, 4.69) is 48.1 Å². The summed E-state index contributed by atoms with van der Waals surface area (Å²) < 4.78 is 5.81. The smallest absolute Gasteiger partial charge is 0.259 e. The van der Waals surface area contributed by atoms with Gasteiger partial charge >= 0.3 is 0 Å². The second-order valence-corrected chi connectivity index (χ2v) is 6.96. The van der Waals surface area contributed by atoms with Crippen molar-refractivity contribution in [1.29, 1.82) is 0 Å². The molecule has 2 heterocycles. The van der Waals surface area contributed by atoms with Gasteiger partial charge in [0, 0.05) is 11.0 Å². The highest BCUT2D eigenvalue weighted by Gasteiger charge is 2.23. The van der Waals surface area contributed by atoms with E-state index in [9.17, 15) is 0 Å². The van der Waals surface area contributed by atoms with Crippen LogP contribution in [-0.4, -0.2) is 15.2 Å². The lowest BCUT2D eigenvalue weighted by Crippen LogP contribution is -2.11. The van der Waals surface area contributed by atoms with E-state index in [0.29, 0.717) is 11.8 Å². The zero-order valence-corrected chi connectivity index (χ0v) is 13.4. The second-order valence-electron chi connectivity index (χ2n) is 5.96. The summed E-state index contributed by atoms with van der Waals surface area (Å²) in [5, 5.41) is 9.29. The minimum Gasteiger partial charge on any atom is -0.419 e. The summed E-state index contributed by atoms with van der Waals surface area (Å²) >= 11 is 1.58. The molecule has 5 heteroatoms. The number of hydrogen-bond donors (Lipinski definition) is 0. The molecule has 0 N–H and O–H groups in total. The van der Waals surface area contributed by atoms with E-state index in [-0.39, 0.29) is 5.41 Å². The predicted molar refractivity (Wildman–Crippen MR) is 84.3 cm³/mol. The highest BCUT2D eigenvalue weighted by molar-refractivity contribution is 7.18. The molecule has 3 aromatic rings. The van der Waals surface area contributed by atoms with E-state index in [1.54, 1.807) is 11.3 Å². The van der Waals surface area contributed by atoms with Crippen LogP contribution in [0.1, 0.15) is 32.4 Å². The van der Waals surface area contributed by atoms with Gasteiger partial charge in [-0.3, -0.25) is 0 Å². The molecule has 0 saturated heterocycles. The molecular formula is C16H17N3OS. The van der Waals surface area contributed by atoms with Crippen molar-refractivity contribution in [2.24, 2.45) is 0 Å². The minimum atomic E-state index is -0.147. The number of thiazole rings is 1. The quantitative estimate of drug-likeness (QED) is 0.700. The van der Waals surface area contributed by atoms with Crippen molar-refractivity contribution in [2.45, 2.75) is 33.1 Å². The zero-order valence-electron chi connectivity index (χ0n) is 12.5. The Morgan fingerprint density at radius 3 is 2.38 bits per heavy atom. The molecule has 0 amide bonds. The standard InChI is InChI=1S/C16H17N3OS/c1-10-12(13-18-19-15(20-13)16(2,3)4)21-14(17-10)11-8-6-5-7-9-11/h5-9H,1-4H3. The number of aryl methyl sites for hydroxylation is 1. The monoisotopic (exact) mass is 299 g/mol. The van der Waals surface area contributed by atoms with Crippen molar-refractivity contribution < 1.29 is 4.42 Å². The SMILES string of the molecule is Cc1nc(-c2ccccc2)sc1-c1nnc(C(C)(C)C)o1. The van der Waals surface area contributed by atoms with Crippen molar-refractivity contribution in [1.82, 2.24) is 15.2 Å². The Morgan fingerprint density at radius 1 is 1.05 bits per heavy atom. The molecule has 0 aliphatic rings. The maximum atomic E-state index is 5.81. The average molecular weight is 299 g/mol. The first-order chi connectivity index (χ1) is 9.95. The van der Waals surface area contributed by atoms with Crippen LogP contribution in [0.2, 0.25) is 0 Å². The van der Waals surface area contributed by atoms with Gasteiger partial charge in [0.15, 0.2) is 0 Å². The topological polar surface area (TPSA) is 51.8 Å². The summed E-state index contributed by atoms with van der Waals surface area (Å²) in [7, 11) is 0. The number of aromatic nitrogens is 3. The lowest BCUT2D eigenvalue weighted by molar-refractivity contribution is 0.399. The molecule has 0 aliphatic carbocycles. The summed E-state index contributed by atoms with van der Waals surface area (Å²) in [6.45, 7) is 8.14. The highest BCUT2D eigenvalue weighted by Crippen LogP contribution is 2.35. The number of nitrogens with zero attached hydrogens (tertiary/aromatic N) is 3. The average Bonchev–Trinajstić information content (AvgIpc) is 3.05. The fraction of sp³-hybridized carbons (Fsp3) is 0.312. The molecule has 0 aliphatic heterocycles. The van der Waals surface area contributed by atoms with Crippen LogP contribution >= 0.6 is 11.3 Å². The summed E-state index contributed by atoms with van der Waals surface area (Å²) in [4.78, 5) is 5.56. The van der Waals surface area contributed by atoms with Gasteiger partial charge in [-0.15, -0.1) is 21.5 Å². The summed E-state index contributed by atoms with van der Waals surface area (Å²) in [5.41, 5.74) is 1.88. The Labute approximate surface area is 127 Å². The third-order valence-electron chi connectivity index (χ3n) is 3.08. The van der Waals surface area contributed by atoms with Gasteiger partial charge in [-0.1, -0.05) is 51.1 Å². The first-order valence-corrected chi connectivity index (χ1v) is 7.64. The van der Waals surface area contributed by atoms with Crippen LogP contribution in [-0.2, 0) is 5.41 Å². The van der Waals surface area contributed by atoms with Crippen molar-refractivity contribution in [3.8, 4) is 21.3 Å². The molecule has 2 aromatic heterocycles. The normalized spacial score (nSPS) is 11.8. The molecule has 0 radical (unpaired) electrons. The Balaban J connectivity index is 2.00. The van der Waals surface area contributed by atoms with Gasteiger partial charge in [0.05, 0.1) is 5.69 Å². The lowest BCUT2D eigenvalue weighted by atomic mass is 9.97. The fourth-order valence-corrected chi connectivity index (χ4v) is 2.91. The van der Waals surface area contributed by atoms with Crippen LogP contribution in [0.25, 0.3) is 21.3 Å². The van der Waals surface area contributed by atoms with Gasteiger partial charge in [-0.2, -0.15) is 0 Å². The molecule has 0 saturated carbocycles. The van der Waals surface area contributed by atoms with Crippen LogP contribution in [0, 0.1) is 6.92 Å². The maximum Gasteiger partial charge on any atom is 0.259 e.